The fourth-order valence-corrected chi connectivity index (χ4v) is 0.213. The Hall–Kier alpha value is -0.884. The van der Waals surface area contributed by atoms with Gasteiger partial charge in [-0.05, 0) is 0 Å². The van der Waals surface area contributed by atoms with Gasteiger partial charge in [-0.3, -0.25) is 9.59 Å². The number of ketones is 1. The number of hydrogen-bond donors (Lipinski definition) is 2. The van der Waals surface area contributed by atoms with Crippen LogP contribution in [0.1, 0.15) is 6.42 Å². The molecule has 0 aliphatic heterocycles. The van der Waals surface area contributed by atoms with Crippen LogP contribution in [0, 0.1) is 0 Å². The van der Waals surface area contributed by atoms with Gasteiger partial charge < -0.3 is 10.2 Å². The van der Waals surface area contributed by atoms with E-state index < -0.39 is 24.1 Å². The Morgan fingerprint density at radius 2 is 1.50 bits per heavy atom. The number of carboxylic acid groups (broad SMARTS) is 2. The van der Waals surface area contributed by atoms with Crippen molar-refractivity contribution >= 4 is 17.7 Å². The first-order valence-electron chi connectivity index (χ1n) is 2.02. The number of aliphatic carboxylic acids is 2. The third-order valence-electron chi connectivity index (χ3n) is 0.550. The van der Waals surface area contributed by atoms with Gasteiger partial charge in [0.1, 0.15) is 6.42 Å². The van der Waals surface area contributed by atoms with Crippen molar-refractivity contribution in [3.8, 4) is 0 Å². The monoisotopic (exact) mass is 191 g/mol. The van der Waals surface area contributed by atoms with Crippen molar-refractivity contribution in [2.75, 3.05) is 0 Å². The Balaban J connectivity index is 0. The molecular weight excluding hydrogens is 187 g/mol. The Morgan fingerprint density at radius 1 is 1.10 bits per heavy atom. The second-order valence-corrected chi connectivity index (χ2v) is 1.30. The van der Waals surface area contributed by atoms with E-state index in [1.807, 2.05) is 0 Å². The fourth-order valence-electron chi connectivity index (χ4n) is 0.213. The Kier molecular flexibility index (Phi) is 5.87. The Bertz CT molecular complexity index is 163. The molecule has 0 aromatic carbocycles. The van der Waals surface area contributed by atoms with E-state index in [9.17, 15) is 14.4 Å². The van der Waals surface area contributed by atoms with E-state index in [1.165, 1.54) is 0 Å². The van der Waals surface area contributed by atoms with Crippen LogP contribution < -0.4 is 0 Å². The molecule has 59 valence electrons. The van der Waals surface area contributed by atoms with Gasteiger partial charge in [0.25, 0.3) is 5.78 Å². The number of carboxylic acids is 2. The van der Waals surface area contributed by atoms with Gasteiger partial charge in [-0.25, -0.2) is 4.79 Å². The quantitative estimate of drug-likeness (QED) is 0.446. The summed E-state index contributed by atoms with van der Waals surface area (Å²) in [7, 11) is 0. The molecular formula is C4H4CoO5. The van der Waals surface area contributed by atoms with E-state index in [-0.39, 0.29) is 16.8 Å². The third-order valence-corrected chi connectivity index (χ3v) is 0.550. The minimum atomic E-state index is -1.71. The standard InChI is InChI=1S/C4H4O5.Co/c5-2(4(8)9)1-3(6)7;/h1H2,(H,6,7)(H,8,9);. The molecule has 0 amide bonds. The fraction of sp³-hybridized carbons (Fsp3) is 0.250. The van der Waals surface area contributed by atoms with Crippen LogP contribution in [0.3, 0.4) is 0 Å². The van der Waals surface area contributed by atoms with Crippen molar-refractivity contribution < 1.29 is 41.4 Å². The maximum Gasteiger partial charge on any atom is 0.372 e. The van der Waals surface area contributed by atoms with Crippen LogP contribution in [-0.4, -0.2) is 27.9 Å². The normalized spacial score (nSPS) is 7.60. The summed E-state index contributed by atoms with van der Waals surface area (Å²) >= 11 is 0. The number of rotatable bonds is 3. The molecule has 0 atom stereocenters. The molecule has 0 saturated carbocycles. The smallest absolute Gasteiger partial charge is 0.372 e. The van der Waals surface area contributed by atoms with Crippen LogP contribution in [0.15, 0.2) is 0 Å². The zero-order valence-electron chi connectivity index (χ0n) is 4.66. The van der Waals surface area contributed by atoms with Gasteiger partial charge >= 0.3 is 11.9 Å². The second-order valence-electron chi connectivity index (χ2n) is 1.30. The van der Waals surface area contributed by atoms with Crippen LogP contribution >= 0.6 is 0 Å². The Morgan fingerprint density at radius 3 is 1.60 bits per heavy atom. The molecule has 0 saturated heterocycles. The van der Waals surface area contributed by atoms with Crippen molar-refractivity contribution in [1.82, 2.24) is 0 Å². The first kappa shape index (κ1) is 11.9. The van der Waals surface area contributed by atoms with Gasteiger partial charge in [0.05, 0.1) is 0 Å². The summed E-state index contributed by atoms with van der Waals surface area (Å²) in [6.07, 6.45) is -0.949. The molecule has 0 aliphatic carbocycles. The van der Waals surface area contributed by atoms with Crippen molar-refractivity contribution in [1.29, 1.82) is 0 Å². The minimum absolute atomic E-state index is 0. The molecule has 0 heterocycles. The Labute approximate surface area is 66.2 Å². The number of carbonyl (C=O) groups excluding carboxylic acids is 1. The molecule has 5 nitrogen and oxygen atoms in total. The summed E-state index contributed by atoms with van der Waals surface area (Å²) < 4.78 is 0. The number of Topliss-reactive ketones (excluding diaryl/α,β-unsaturated/α-hetero) is 1. The van der Waals surface area contributed by atoms with Crippen LogP contribution in [0.4, 0.5) is 0 Å². The topological polar surface area (TPSA) is 91.7 Å². The molecule has 0 aromatic rings. The van der Waals surface area contributed by atoms with Crippen LogP contribution in [0.25, 0.3) is 0 Å². The first-order chi connectivity index (χ1) is 4.04. The van der Waals surface area contributed by atoms with E-state index in [0.29, 0.717) is 0 Å². The molecule has 6 heteroatoms. The molecule has 0 unspecified atom stereocenters. The molecule has 2 N–H and O–H groups in total. The van der Waals surface area contributed by atoms with Gasteiger partial charge in [-0.2, -0.15) is 0 Å². The van der Waals surface area contributed by atoms with Gasteiger partial charge in [0, 0.05) is 16.8 Å². The molecule has 0 aliphatic rings. The van der Waals surface area contributed by atoms with Gasteiger partial charge in [-0.15, -0.1) is 0 Å². The zero-order chi connectivity index (χ0) is 7.44. The van der Waals surface area contributed by atoms with Crippen molar-refractivity contribution in [3.05, 3.63) is 0 Å². The predicted octanol–water partition coefficient (Wildman–Crippen LogP) is -0.888. The van der Waals surface area contributed by atoms with Crippen molar-refractivity contribution in [3.63, 3.8) is 0 Å². The van der Waals surface area contributed by atoms with Crippen LogP contribution in [-0.2, 0) is 31.2 Å². The average Bonchev–Trinajstić information content (AvgIpc) is 1.63. The van der Waals surface area contributed by atoms with E-state index in [1.54, 1.807) is 0 Å². The maximum absolute atomic E-state index is 9.97. The number of hydrogen-bond acceptors (Lipinski definition) is 3. The summed E-state index contributed by atoms with van der Waals surface area (Å²) in [6, 6.07) is 0. The number of carbonyl (C=O) groups is 3. The molecule has 1 radical (unpaired) electrons. The van der Waals surface area contributed by atoms with Gasteiger partial charge in [0.2, 0.25) is 0 Å². The molecule has 0 bridgehead atoms. The molecule has 0 fully saturated rings. The van der Waals surface area contributed by atoms with E-state index in [2.05, 4.69) is 0 Å². The van der Waals surface area contributed by atoms with E-state index >= 15 is 0 Å². The van der Waals surface area contributed by atoms with Crippen molar-refractivity contribution in [2.24, 2.45) is 0 Å². The average molecular weight is 191 g/mol. The second kappa shape index (κ2) is 4.95. The largest absolute Gasteiger partial charge is 0.481 e. The van der Waals surface area contributed by atoms with Crippen molar-refractivity contribution in [2.45, 2.75) is 6.42 Å². The minimum Gasteiger partial charge on any atom is -0.481 e. The van der Waals surface area contributed by atoms with Crippen LogP contribution in [0.2, 0.25) is 0 Å². The predicted molar refractivity (Wildman–Crippen MR) is 24.9 cm³/mol. The third kappa shape index (κ3) is 5.26. The molecule has 0 rings (SSSR count). The molecule has 10 heavy (non-hydrogen) atoms. The SMILES string of the molecule is O=C(O)CC(=O)C(=O)O.[Co]. The van der Waals surface area contributed by atoms with E-state index in [4.69, 9.17) is 10.2 Å². The summed E-state index contributed by atoms with van der Waals surface area (Å²) in [5.41, 5.74) is 0. The molecule has 0 aromatic heterocycles. The maximum atomic E-state index is 9.97. The first-order valence-corrected chi connectivity index (χ1v) is 2.02. The summed E-state index contributed by atoms with van der Waals surface area (Å²) in [4.78, 5) is 29.2. The van der Waals surface area contributed by atoms with Gasteiger partial charge in [-0.1, -0.05) is 0 Å². The zero-order valence-corrected chi connectivity index (χ0v) is 5.70. The van der Waals surface area contributed by atoms with Gasteiger partial charge in [0.15, 0.2) is 0 Å². The molecule has 0 spiro atoms. The summed E-state index contributed by atoms with van der Waals surface area (Å²) in [5, 5.41) is 15.7. The summed E-state index contributed by atoms with van der Waals surface area (Å²) in [5.74, 6) is -4.44. The summed E-state index contributed by atoms with van der Waals surface area (Å²) in [6.45, 7) is 0. The van der Waals surface area contributed by atoms with Crippen LogP contribution in [0.5, 0.6) is 0 Å². The van der Waals surface area contributed by atoms with E-state index in [0.717, 1.165) is 0 Å².